The number of anilines is 1. The van der Waals surface area contributed by atoms with Crippen LogP contribution in [0.1, 0.15) is 56.0 Å². The lowest BCUT2D eigenvalue weighted by Crippen LogP contribution is -2.58. The van der Waals surface area contributed by atoms with E-state index in [9.17, 15) is 14.9 Å². The molecule has 9 nitrogen and oxygen atoms in total. The zero-order chi connectivity index (χ0) is 31.2. The van der Waals surface area contributed by atoms with Gasteiger partial charge in [-0.15, -0.1) is 0 Å². The van der Waals surface area contributed by atoms with Crippen LogP contribution in [0.15, 0.2) is 54.0 Å². The van der Waals surface area contributed by atoms with E-state index < -0.39 is 11.5 Å². The minimum absolute atomic E-state index is 0.0286. The van der Waals surface area contributed by atoms with Gasteiger partial charge in [0.25, 0.3) is 0 Å². The molecule has 0 bridgehead atoms. The van der Waals surface area contributed by atoms with Crippen LogP contribution in [0.2, 0.25) is 0 Å². The summed E-state index contributed by atoms with van der Waals surface area (Å²) in [6, 6.07) is 9.85. The monoisotopic (exact) mass is 579 g/mol. The van der Waals surface area contributed by atoms with E-state index in [2.05, 4.69) is 22.6 Å². The molecule has 0 saturated carbocycles. The first-order chi connectivity index (χ1) is 20.5. The van der Waals surface area contributed by atoms with Crippen LogP contribution in [-0.4, -0.2) is 55.5 Å². The Balaban J connectivity index is 1.88. The molecule has 4 aromatic rings. The number of hydrogen-bond acceptors (Lipinski definition) is 7. The number of carbonyl (C=O) groups excluding carboxylic acids is 1. The smallest absolute Gasteiger partial charge is 0.347 e. The van der Waals surface area contributed by atoms with Gasteiger partial charge in [0.1, 0.15) is 17.7 Å². The molecule has 5 rings (SSSR count). The molecule has 0 aliphatic carbocycles. The number of hydrogen-bond donors (Lipinski definition) is 0. The van der Waals surface area contributed by atoms with Crippen LogP contribution in [0.3, 0.4) is 0 Å². The summed E-state index contributed by atoms with van der Waals surface area (Å²) < 4.78 is 16.7. The third-order valence-corrected chi connectivity index (χ3v) is 7.92. The van der Waals surface area contributed by atoms with Crippen LogP contribution >= 0.6 is 0 Å². The highest BCUT2D eigenvalue weighted by molar-refractivity contribution is 5.93. The molecule has 2 atom stereocenters. The summed E-state index contributed by atoms with van der Waals surface area (Å²) in [7, 11) is 0. The summed E-state index contributed by atoms with van der Waals surface area (Å²) in [5, 5.41) is 10.7. The molecule has 1 amide bonds. The van der Waals surface area contributed by atoms with Crippen molar-refractivity contribution in [3.8, 4) is 23.0 Å². The van der Waals surface area contributed by atoms with E-state index in [1.54, 1.807) is 29.3 Å². The second-order valence-corrected chi connectivity index (χ2v) is 11.5. The third kappa shape index (κ3) is 5.16. The van der Waals surface area contributed by atoms with Gasteiger partial charge in [-0.3, -0.25) is 9.78 Å². The number of aromatic nitrogens is 4. The molecule has 0 spiro atoms. The number of piperazine rings is 1. The molecule has 0 unspecified atom stereocenters. The van der Waals surface area contributed by atoms with Crippen molar-refractivity contribution in [2.75, 3.05) is 18.0 Å². The summed E-state index contributed by atoms with van der Waals surface area (Å²) in [4.78, 5) is 44.3. The number of nitriles is 1. The fourth-order valence-corrected chi connectivity index (χ4v) is 5.97. The quantitative estimate of drug-likeness (QED) is 0.299. The van der Waals surface area contributed by atoms with Gasteiger partial charge in [-0.2, -0.15) is 10.2 Å². The molecule has 0 radical (unpaired) electrons. The maximum atomic E-state index is 15.2. The largest absolute Gasteiger partial charge is 0.355 e. The molecule has 1 aliphatic heterocycles. The van der Waals surface area contributed by atoms with Crippen molar-refractivity contribution in [3.05, 3.63) is 87.9 Å². The number of aryl methyl sites for hydroxylation is 2. The maximum absolute atomic E-state index is 15.2. The van der Waals surface area contributed by atoms with Gasteiger partial charge >= 0.3 is 5.69 Å². The van der Waals surface area contributed by atoms with E-state index in [0.29, 0.717) is 35.7 Å². The van der Waals surface area contributed by atoms with Crippen LogP contribution in [0.5, 0.6) is 0 Å². The minimum atomic E-state index is -0.572. The first-order valence-corrected chi connectivity index (χ1v) is 14.3. The molecule has 0 N–H and O–H groups in total. The Morgan fingerprint density at radius 2 is 1.84 bits per heavy atom. The summed E-state index contributed by atoms with van der Waals surface area (Å²) >= 11 is 0. The maximum Gasteiger partial charge on any atom is 0.355 e. The molecule has 1 aromatic carbocycles. The van der Waals surface area contributed by atoms with Crippen LogP contribution in [0.25, 0.3) is 28.0 Å². The van der Waals surface area contributed by atoms with Gasteiger partial charge in [0.2, 0.25) is 5.91 Å². The molecule has 10 heteroatoms. The second kappa shape index (κ2) is 11.4. The number of carbonyl (C=O) groups is 1. The first kappa shape index (κ1) is 29.6. The molecule has 3 aromatic heterocycles. The van der Waals surface area contributed by atoms with Crippen LogP contribution in [0, 0.1) is 31.0 Å². The van der Waals surface area contributed by atoms with Gasteiger partial charge in [-0.05, 0) is 69.5 Å². The predicted octanol–water partition coefficient (Wildman–Crippen LogP) is 5.21. The number of nitrogens with zero attached hydrogens (tertiary/aromatic N) is 7. The lowest BCUT2D eigenvalue weighted by molar-refractivity contribution is -0.127. The number of rotatable bonds is 5. The van der Waals surface area contributed by atoms with E-state index in [4.69, 9.17) is 4.98 Å². The minimum Gasteiger partial charge on any atom is -0.347 e. The van der Waals surface area contributed by atoms with Gasteiger partial charge in [0, 0.05) is 36.9 Å². The lowest BCUT2D eigenvalue weighted by Gasteiger charge is -2.45. The van der Waals surface area contributed by atoms with E-state index in [-0.39, 0.29) is 46.4 Å². The Kier molecular flexibility index (Phi) is 7.84. The van der Waals surface area contributed by atoms with Crippen molar-refractivity contribution in [1.82, 2.24) is 24.4 Å². The van der Waals surface area contributed by atoms with E-state index >= 15 is 4.39 Å². The predicted molar refractivity (Wildman–Crippen MR) is 165 cm³/mol. The Hall–Kier alpha value is -4.91. The Morgan fingerprint density at radius 1 is 1.14 bits per heavy atom. The van der Waals surface area contributed by atoms with Crippen molar-refractivity contribution >= 4 is 22.8 Å². The van der Waals surface area contributed by atoms with Crippen molar-refractivity contribution in [2.24, 2.45) is 0 Å². The highest BCUT2D eigenvalue weighted by atomic mass is 19.1. The second-order valence-electron chi connectivity index (χ2n) is 11.5. The Morgan fingerprint density at radius 3 is 2.47 bits per heavy atom. The average molecular weight is 580 g/mol. The summed E-state index contributed by atoms with van der Waals surface area (Å²) in [6.07, 6.45) is 2.99. The van der Waals surface area contributed by atoms with E-state index in [1.165, 1.54) is 16.7 Å². The van der Waals surface area contributed by atoms with Crippen molar-refractivity contribution in [3.63, 3.8) is 0 Å². The number of halogens is 1. The zero-order valence-electron chi connectivity index (χ0n) is 25.2. The van der Waals surface area contributed by atoms with Gasteiger partial charge in [0.05, 0.1) is 28.0 Å². The summed E-state index contributed by atoms with van der Waals surface area (Å²) in [5.41, 5.74) is 2.96. The molecule has 43 heavy (non-hydrogen) atoms. The fraction of sp³-hybridized carbons (Fsp3) is 0.333. The molecule has 1 aliphatic rings. The standard InChI is InChI=1S/C33H34FN7O2/c1-8-27(42)39-16-21(6)40(22(7)17-39)32-25-14-23(15-35)29(24-13-19(4)9-10-26(24)34)37-31(25)41(33(43)38-32)30-20(5)11-12-36-28(30)18(2)3/h8-14,18,21-22H,1,16-17H2,2-7H3/t21-,22+. The molecule has 220 valence electrons. The van der Waals surface area contributed by atoms with Crippen molar-refractivity contribution < 1.29 is 9.18 Å². The topological polar surface area (TPSA) is 108 Å². The highest BCUT2D eigenvalue weighted by Gasteiger charge is 2.34. The molecule has 1 fully saturated rings. The van der Waals surface area contributed by atoms with Crippen LogP contribution in [0.4, 0.5) is 10.2 Å². The lowest BCUT2D eigenvalue weighted by atomic mass is 10.0. The number of benzene rings is 1. The van der Waals surface area contributed by atoms with Crippen molar-refractivity contribution in [1.29, 1.82) is 5.26 Å². The SMILES string of the molecule is C=CC(=O)N1C[C@@H](C)N(c2nc(=O)n(-c3c(C)ccnc3C(C)C)c3nc(-c4cc(C)ccc4F)c(C#N)cc23)[C@@H](C)C1. The van der Waals surface area contributed by atoms with Gasteiger partial charge in [0.15, 0.2) is 5.65 Å². The Bertz CT molecular complexity index is 1860. The number of fused-ring (bicyclic) bond motifs is 1. The molecule has 1 saturated heterocycles. The van der Waals surface area contributed by atoms with Gasteiger partial charge < -0.3 is 9.80 Å². The van der Waals surface area contributed by atoms with Crippen LogP contribution in [-0.2, 0) is 4.79 Å². The van der Waals surface area contributed by atoms with E-state index in [0.717, 1.165) is 11.1 Å². The van der Waals surface area contributed by atoms with Gasteiger partial charge in [-0.25, -0.2) is 18.7 Å². The zero-order valence-corrected chi connectivity index (χ0v) is 25.2. The highest BCUT2D eigenvalue weighted by Crippen LogP contribution is 2.35. The van der Waals surface area contributed by atoms with E-state index in [1.807, 2.05) is 52.5 Å². The van der Waals surface area contributed by atoms with Crippen molar-refractivity contribution in [2.45, 2.75) is 59.5 Å². The number of pyridine rings is 2. The Labute approximate surface area is 249 Å². The third-order valence-electron chi connectivity index (χ3n) is 7.92. The average Bonchev–Trinajstić information content (AvgIpc) is 2.97. The van der Waals surface area contributed by atoms with Gasteiger partial charge in [-0.1, -0.05) is 32.1 Å². The molecule has 4 heterocycles. The first-order valence-electron chi connectivity index (χ1n) is 14.3. The number of amides is 1. The molecular weight excluding hydrogens is 545 g/mol. The van der Waals surface area contributed by atoms with Crippen LogP contribution < -0.4 is 10.6 Å². The normalized spacial score (nSPS) is 16.9. The summed E-state index contributed by atoms with van der Waals surface area (Å²) in [6.45, 7) is 16.0. The summed E-state index contributed by atoms with van der Waals surface area (Å²) in [5.74, 6) is -0.366. The molecular formula is C33H34FN7O2. The fourth-order valence-electron chi connectivity index (χ4n) is 5.97.